The third-order valence-corrected chi connectivity index (χ3v) is 6.88. The summed E-state index contributed by atoms with van der Waals surface area (Å²) < 4.78 is 52.5. The van der Waals surface area contributed by atoms with E-state index in [1.165, 1.54) is 19.2 Å². The van der Waals surface area contributed by atoms with Gasteiger partial charge in [0.05, 0.1) is 22.9 Å². The Morgan fingerprint density at radius 1 is 0.946 bits per heavy atom. The van der Waals surface area contributed by atoms with Crippen LogP contribution >= 0.6 is 11.3 Å². The number of para-hydroxylation sites is 1. The van der Waals surface area contributed by atoms with E-state index in [0.717, 1.165) is 27.0 Å². The number of methoxy groups -OCH3 is 1. The van der Waals surface area contributed by atoms with Gasteiger partial charge in [0.2, 0.25) is 0 Å². The highest BCUT2D eigenvalue weighted by Gasteiger charge is 2.33. The molecule has 3 aromatic carbocycles. The number of halogens is 3. The van der Waals surface area contributed by atoms with Gasteiger partial charge in [-0.3, -0.25) is 0 Å². The lowest BCUT2D eigenvalue weighted by atomic mass is 9.92. The van der Waals surface area contributed by atoms with E-state index < -0.39 is 11.7 Å². The zero-order valence-corrected chi connectivity index (χ0v) is 22.1. The average Bonchev–Trinajstić information content (AvgIpc) is 3.29. The van der Waals surface area contributed by atoms with Crippen molar-refractivity contribution in [3.8, 4) is 11.5 Å². The molecule has 1 aromatic heterocycles. The molecule has 4 rings (SSSR count). The number of anilines is 1. The summed E-state index contributed by atoms with van der Waals surface area (Å²) in [7, 11) is 1.52. The quantitative estimate of drug-likeness (QED) is 0.220. The predicted octanol–water partition coefficient (Wildman–Crippen LogP) is 8.16. The van der Waals surface area contributed by atoms with E-state index in [9.17, 15) is 13.2 Å². The Bertz CT molecular complexity index is 1310. The number of hydrogen-bond acceptors (Lipinski definition) is 5. The Kier molecular flexibility index (Phi) is 7.97. The van der Waals surface area contributed by atoms with Crippen LogP contribution in [0.3, 0.4) is 0 Å². The number of nitrogens with zero attached hydrogens (tertiary/aromatic N) is 2. The lowest BCUT2D eigenvalue weighted by Gasteiger charge is -2.26. The van der Waals surface area contributed by atoms with E-state index >= 15 is 0 Å². The molecule has 0 aliphatic heterocycles. The summed E-state index contributed by atoms with van der Waals surface area (Å²) in [5.74, 6) is 0.849. The third kappa shape index (κ3) is 6.95. The first-order valence-electron chi connectivity index (χ1n) is 11.9. The van der Waals surface area contributed by atoms with Gasteiger partial charge in [-0.2, -0.15) is 13.2 Å². The molecule has 0 aliphatic carbocycles. The maximum absolute atomic E-state index is 13.3. The molecular formula is C29H30F3N2O2S. The average molecular weight is 528 g/mol. The van der Waals surface area contributed by atoms with Gasteiger partial charge in [-0.1, -0.05) is 68.5 Å². The van der Waals surface area contributed by atoms with E-state index in [0.29, 0.717) is 24.6 Å². The van der Waals surface area contributed by atoms with E-state index in [2.05, 4.69) is 38.2 Å². The summed E-state index contributed by atoms with van der Waals surface area (Å²) in [6.07, 6.45) is -2.19. The number of benzene rings is 3. The Labute approximate surface area is 219 Å². The summed E-state index contributed by atoms with van der Waals surface area (Å²) in [5, 5.41) is 0.921. The molecule has 0 saturated carbocycles. The number of hydrogen-bond donors (Lipinski definition) is 0. The van der Waals surface area contributed by atoms with Crippen LogP contribution in [0.5, 0.6) is 11.5 Å². The van der Waals surface area contributed by atoms with Gasteiger partial charge in [0.15, 0.2) is 16.6 Å². The maximum Gasteiger partial charge on any atom is 0.416 e. The van der Waals surface area contributed by atoms with Crippen molar-refractivity contribution in [3.05, 3.63) is 89.8 Å². The molecule has 195 valence electrons. The Hall–Kier alpha value is -3.26. The Balaban J connectivity index is 1.55. The fourth-order valence-corrected chi connectivity index (χ4v) is 4.79. The Morgan fingerprint density at radius 3 is 2.38 bits per heavy atom. The van der Waals surface area contributed by atoms with E-state index in [-0.39, 0.29) is 17.6 Å². The molecule has 4 aromatic rings. The highest BCUT2D eigenvalue weighted by Crippen LogP contribution is 2.35. The monoisotopic (exact) mass is 527 g/mol. The van der Waals surface area contributed by atoms with Gasteiger partial charge in [-0.15, -0.1) is 0 Å². The van der Waals surface area contributed by atoms with E-state index in [1.54, 1.807) is 23.5 Å². The van der Waals surface area contributed by atoms with Gasteiger partial charge in [0.1, 0.15) is 6.61 Å². The van der Waals surface area contributed by atoms with Gasteiger partial charge in [0, 0.05) is 18.7 Å². The van der Waals surface area contributed by atoms with Crippen molar-refractivity contribution in [2.24, 2.45) is 5.41 Å². The van der Waals surface area contributed by atoms with E-state index in [1.807, 2.05) is 30.3 Å². The second kappa shape index (κ2) is 11.0. The van der Waals surface area contributed by atoms with Crippen LogP contribution in [0.15, 0.2) is 66.7 Å². The van der Waals surface area contributed by atoms with E-state index in [4.69, 9.17) is 14.5 Å². The highest BCUT2D eigenvalue weighted by atomic mass is 32.1. The van der Waals surface area contributed by atoms with Gasteiger partial charge in [-0.05, 0) is 47.7 Å². The lowest BCUT2D eigenvalue weighted by molar-refractivity contribution is -0.138. The molecule has 1 radical (unpaired) electrons. The predicted molar refractivity (Wildman–Crippen MR) is 143 cm³/mol. The van der Waals surface area contributed by atoms with Crippen molar-refractivity contribution in [3.63, 3.8) is 0 Å². The molecule has 0 atom stereocenters. The summed E-state index contributed by atoms with van der Waals surface area (Å²) in [4.78, 5) is 7.05. The smallest absolute Gasteiger partial charge is 0.416 e. The molecule has 0 unspecified atom stereocenters. The van der Waals surface area contributed by atoms with Crippen LogP contribution in [-0.4, -0.2) is 18.6 Å². The molecule has 0 N–H and O–H groups in total. The van der Waals surface area contributed by atoms with Crippen LogP contribution in [0.25, 0.3) is 10.2 Å². The minimum atomic E-state index is -4.44. The van der Waals surface area contributed by atoms with Crippen LogP contribution in [0.1, 0.15) is 37.5 Å². The van der Waals surface area contributed by atoms with Gasteiger partial charge in [0.25, 0.3) is 0 Å². The molecule has 4 nitrogen and oxygen atoms in total. The van der Waals surface area contributed by atoms with Crippen molar-refractivity contribution in [2.75, 3.05) is 18.6 Å². The summed E-state index contributed by atoms with van der Waals surface area (Å²) in [5.41, 5.74) is 1.34. The van der Waals surface area contributed by atoms with Gasteiger partial charge < -0.3 is 14.4 Å². The largest absolute Gasteiger partial charge is 0.493 e. The van der Waals surface area contributed by atoms with Crippen LogP contribution in [-0.2, 0) is 19.3 Å². The number of rotatable bonds is 9. The van der Waals surface area contributed by atoms with Crippen molar-refractivity contribution >= 4 is 26.7 Å². The fourth-order valence-electron chi connectivity index (χ4n) is 3.82. The molecule has 0 spiro atoms. The summed E-state index contributed by atoms with van der Waals surface area (Å²) >= 11 is 1.64. The molecule has 0 bridgehead atoms. The summed E-state index contributed by atoms with van der Waals surface area (Å²) in [6.45, 7) is 7.56. The zero-order chi connectivity index (χ0) is 26.6. The molecule has 0 fully saturated rings. The van der Waals surface area contributed by atoms with Crippen LogP contribution in [0.2, 0.25) is 0 Å². The molecule has 0 aliphatic rings. The highest BCUT2D eigenvalue weighted by molar-refractivity contribution is 7.22. The second-order valence-electron chi connectivity index (χ2n) is 9.84. The lowest BCUT2D eigenvalue weighted by Crippen LogP contribution is -2.27. The number of alkyl halides is 3. The molecule has 37 heavy (non-hydrogen) atoms. The SMILES string of the molecule is COc1cc(CN(C[CH]C(C)(C)C)c2nc3ccccc3s2)ccc1OCc1ccccc1C(F)(F)F. The maximum atomic E-state index is 13.3. The topological polar surface area (TPSA) is 34.6 Å². The minimum absolute atomic E-state index is 0.0387. The molecule has 0 amide bonds. The Morgan fingerprint density at radius 2 is 1.68 bits per heavy atom. The number of aromatic nitrogens is 1. The zero-order valence-electron chi connectivity index (χ0n) is 21.3. The first-order valence-corrected chi connectivity index (χ1v) is 12.7. The van der Waals surface area contributed by atoms with Crippen molar-refractivity contribution in [2.45, 2.75) is 40.1 Å². The van der Waals surface area contributed by atoms with Crippen LogP contribution in [0.4, 0.5) is 18.3 Å². The number of ether oxygens (including phenoxy) is 2. The molecule has 1 heterocycles. The van der Waals surface area contributed by atoms with Crippen LogP contribution in [0, 0.1) is 11.8 Å². The minimum Gasteiger partial charge on any atom is -0.493 e. The first-order chi connectivity index (χ1) is 17.5. The third-order valence-electron chi connectivity index (χ3n) is 5.78. The van der Waals surface area contributed by atoms with Gasteiger partial charge >= 0.3 is 6.18 Å². The second-order valence-corrected chi connectivity index (χ2v) is 10.9. The molecular weight excluding hydrogens is 497 g/mol. The molecule has 8 heteroatoms. The first kappa shape index (κ1) is 26.8. The normalized spacial score (nSPS) is 12.1. The standard InChI is InChI=1S/C29H30F3N2O2S/c1-28(2,3)15-16-34(27-33-23-11-7-8-12-26(23)37-27)18-20-13-14-24(25(17-20)35-4)36-19-21-9-5-6-10-22(21)29(30,31)32/h5-15,17H,16,18-19H2,1-4H3. The molecule has 0 saturated heterocycles. The van der Waals surface area contributed by atoms with Gasteiger partial charge in [-0.25, -0.2) is 4.98 Å². The van der Waals surface area contributed by atoms with Crippen LogP contribution < -0.4 is 14.4 Å². The number of thiazole rings is 1. The number of fused-ring (bicyclic) bond motifs is 1. The fraction of sp³-hybridized carbons (Fsp3) is 0.310. The van der Waals surface area contributed by atoms with Crippen molar-refractivity contribution < 1.29 is 22.6 Å². The van der Waals surface area contributed by atoms with Crippen molar-refractivity contribution in [1.82, 2.24) is 4.98 Å². The van der Waals surface area contributed by atoms with Crippen molar-refractivity contribution in [1.29, 1.82) is 0 Å². The summed E-state index contributed by atoms with van der Waals surface area (Å²) in [6, 6.07) is 19.0.